The summed E-state index contributed by atoms with van der Waals surface area (Å²) in [5, 5.41) is 5.78. The van der Waals surface area contributed by atoms with E-state index in [1.807, 2.05) is 6.55 Å². The molecule has 0 atom stereocenters. The minimum absolute atomic E-state index is 0.711. The number of rotatable bonds is 6. The van der Waals surface area contributed by atoms with E-state index in [2.05, 4.69) is 13.8 Å². The van der Waals surface area contributed by atoms with Gasteiger partial charge in [-0.05, 0) is 19.4 Å². The van der Waals surface area contributed by atoms with Crippen LogP contribution < -0.4 is 5.40 Å². The van der Waals surface area contributed by atoms with Gasteiger partial charge < -0.3 is 14.3 Å². The maximum atomic E-state index is 5.78. The molecule has 0 unspecified atom stereocenters. The summed E-state index contributed by atoms with van der Waals surface area (Å²) in [5.41, 5.74) is 0. The van der Waals surface area contributed by atoms with Crippen LogP contribution in [0.1, 0.15) is 26.7 Å². The van der Waals surface area contributed by atoms with Gasteiger partial charge in [0.05, 0.1) is 0 Å². The lowest BCUT2D eigenvalue weighted by molar-refractivity contribution is 0.174. The zero-order chi connectivity index (χ0) is 8.74. The summed E-state index contributed by atoms with van der Waals surface area (Å²) in [7, 11) is -2.25. The van der Waals surface area contributed by atoms with Gasteiger partial charge in [0, 0.05) is 13.2 Å². The summed E-state index contributed by atoms with van der Waals surface area (Å²) >= 11 is 0. The highest BCUT2D eigenvalue weighted by atomic mass is 28.4. The lowest BCUT2D eigenvalue weighted by Gasteiger charge is -2.20. The number of hydrogen-bond donors (Lipinski definition) is 1. The van der Waals surface area contributed by atoms with E-state index in [-0.39, 0.29) is 0 Å². The first-order valence-corrected chi connectivity index (χ1v) is 6.58. The molecule has 0 saturated carbocycles. The van der Waals surface area contributed by atoms with Gasteiger partial charge in [-0.1, -0.05) is 13.8 Å². The molecule has 3 nitrogen and oxygen atoms in total. The maximum Gasteiger partial charge on any atom is 0.419 e. The lowest BCUT2D eigenvalue weighted by atomic mass is 10.5. The highest BCUT2D eigenvalue weighted by molar-refractivity contribution is 6.62. The lowest BCUT2D eigenvalue weighted by Crippen LogP contribution is -2.49. The third kappa shape index (κ3) is 6.49. The van der Waals surface area contributed by atoms with Crippen molar-refractivity contribution in [1.82, 2.24) is 0 Å². The standard InChI is InChI=1S/C7H19NO2Si/c1-4-6-9-11(3,8)10-7-5-2/h4-8H2,1-3H3. The van der Waals surface area contributed by atoms with Crippen molar-refractivity contribution in [3.63, 3.8) is 0 Å². The van der Waals surface area contributed by atoms with Gasteiger partial charge in [0.2, 0.25) is 0 Å². The molecular formula is C7H19NO2Si. The second kappa shape index (κ2) is 5.71. The van der Waals surface area contributed by atoms with Crippen LogP contribution in [-0.4, -0.2) is 21.9 Å². The molecule has 0 radical (unpaired) electrons. The quantitative estimate of drug-likeness (QED) is 0.623. The van der Waals surface area contributed by atoms with Crippen LogP contribution in [0.4, 0.5) is 0 Å². The molecule has 0 bridgehead atoms. The average Bonchev–Trinajstić information content (AvgIpc) is 1.97. The molecule has 0 fully saturated rings. The zero-order valence-electron chi connectivity index (χ0n) is 7.72. The van der Waals surface area contributed by atoms with E-state index in [0.717, 1.165) is 12.8 Å². The molecule has 0 aromatic carbocycles. The molecule has 0 amide bonds. The molecule has 0 aromatic rings. The van der Waals surface area contributed by atoms with Gasteiger partial charge in [-0.3, -0.25) is 0 Å². The van der Waals surface area contributed by atoms with E-state index in [1.54, 1.807) is 0 Å². The summed E-state index contributed by atoms with van der Waals surface area (Å²) < 4.78 is 10.8. The molecule has 11 heavy (non-hydrogen) atoms. The van der Waals surface area contributed by atoms with Crippen LogP contribution in [0.15, 0.2) is 0 Å². The monoisotopic (exact) mass is 177 g/mol. The number of hydrogen-bond acceptors (Lipinski definition) is 3. The van der Waals surface area contributed by atoms with Crippen LogP contribution in [-0.2, 0) is 8.85 Å². The molecule has 0 rings (SSSR count). The Kier molecular flexibility index (Phi) is 5.76. The molecule has 68 valence electrons. The molecule has 0 heterocycles. The van der Waals surface area contributed by atoms with Crippen molar-refractivity contribution in [3.8, 4) is 0 Å². The van der Waals surface area contributed by atoms with E-state index in [9.17, 15) is 0 Å². The highest BCUT2D eigenvalue weighted by Crippen LogP contribution is 2.00. The second-order valence-electron chi connectivity index (χ2n) is 2.71. The first-order valence-electron chi connectivity index (χ1n) is 4.19. The van der Waals surface area contributed by atoms with E-state index < -0.39 is 8.72 Å². The maximum absolute atomic E-state index is 5.78. The normalized spacial score (nSPS) is 12.0. The molecule has 0 saturated heterocycles. The fourth-order valence-electron chi connectivity index (χ4n) is 0.651. The zero-order valence-corrected chi connectivity index (χ0v) is 8.72. The molecular weight excluding hydrogens is 158 g/mol. The third-order valence-corrected chi connectivity index (χ3v) is 2.74. The van der Waals surface area contributed by atoms with Gasteiger partial charge in [-0.2, -0.15) is 0 Å². The van der Waals surface area contributed by atoms with Gasteiger partial charge in [-0.15, -0.1) is 0 Å². The van der Waals surface area contributed by atoms with Crippen molar-refractivity contribution < 1.29 is 8.85 Å². The second-order valence-corrected chi connectivity index (χ2v) is 5.32. The van der Waals surface area contributed by atoms with Crippen LogP contribution in [0.3, 0.4) is 0 Å². The van der Waals surface area contributed by atoms with Crippen molar-refractivity contribution >= 4 is 8.72 Å². The Labute approximate surface area is 70.2 Å². The Morgan fingerprint density at radius 1 is 1.09 bits per heavy atom. The summed E-state index contributed by atoms with van der Waals surface area (Å²) in [6.45, 7) is 7.42. The smallest absolute Gasteiger partial charge is 0.383 e. The SMILES string of the molecule is CCCO[Si](C)(N)OCCC. The predicted octanol–water partition coefficient (Wildman–Crippen LogP) is 1.37. The predicted molar refractivity (Wildman–Crippen MR) is 48.3 cm³/mol. The Morgan fingerprint density at radius 2 is 1.45 bits per heavy atom. The van der Waals surface area contributed by atoms with Gasteiger partial charge in [0.15, 0.2) is 0 Å². The van der Waals surface area contributed by atoms with Gasteiger partial charge in [0.1, 0.15) is 0 Å². The van der Waals surface area contributed by atoms with Gasteiger partial charge >= 0.3 is 8.72 Å². The minimum atomic E-state index is -2.25. The molecule has 0 aliphatic carbocycles. The third-order valence-electron chi connectivity index (χ3n) is 1.19. The Balaban J connectivity index is 3.43. The molecule has 0 aliphatic heterocycles. The Morgan fingerprint density at radius 3 is 1.73 bits per heavy atom. The largest absolute Gasteiger partial charge is 0.419 e. The first-order chi connectivity index (χ1) is 5.12. The van der Waals surface area contributed by atoms with Crippen molar-refractivity contribution in [3.05, 3.63) is 0 Å². The summed E-state index contributed by atoms with van der Waals surface area (Å²) in [4.78, 5) is 0. The van der Waals surface area contributed by atoms with Crippen molar-refractivity contribution in [2.24, 2.45) is 5.40 Å². The summed E-state index contributed by atoms with van der Waals surface area (Å²) in [6.07, 6.45) is 1.99. The van der Waals surface area contributed by atoms with Crippen LogP contribution in [0.25, 0.3) is 0 Å². The molecule has 0 spiro atoms. The summed E-state index contributed by atoms with van der Waals surface area (Å²) in [6, 6.07) is 0. The molecule has 4 heteroatoms. The van der Waals surface area contributed by atoms with E-state index in [4.69, 9.17) is 14.3 Å². The highest BCUT2D eigenvalue weighted by Gasteiger charge is 2.25. The molecule has 0 aliphatic rings. The van der Waals surface area contributed by atoms with E-state index in [0.29, 0.717) is 13.2 Å². The fraction of sp³-hybridized carbons (Fsp3) is 1.00. The molecule has 0 aromatic heterocycles. The summed E-state index contributed by atoms with van der Waals surface area (Å²) in [5.74, 6) is 0. The Hall–Kier alpha value is 0.0969. The van der Waals surface area contributed by atoms with Gasteiger partial charge in [0.25, 0.3) is 0 Å². The topological polar surface area (TPSA) is 44.5 Å². The van der Waals surface area contributed by atoms with Crippen molar-refractivity contribution in [2.45, 2.75) is 33.2 Å². The van der Waals surface area contributed by atoms with Crippen LogP contribution in [0.5, 0.6) is 0 Å². The number of nitrogens with two attached hydrogens (primary N) is 1. The van der Waals surface area contributed by atoms with Crippen LogP contribution >= 0.6 is 0 Å². The van der Waals surface area contributed by atoms with E-state index in [1.165, 1.54) is 0 Å². The van der Waals surface area contributed by atoms with Crippen LogP contribution in [0, 0.1) is 0 Å². The van der Waals surface area contributed by atoms with Crippen LogP contribution in [0.2, 0.25) is 6.55 Å². The van der Waals surface area contributed by atoms with E-state index >= 15 is 0 Å². The first kappa shape index (κ1) is 11.1. The minimum Gasteiger partial charge on any atom is -0.383 e. The van der Waals surface area contributed by atoms with Gasteiger partial charge in [-0.25, -0.2) is 0 Å². The Bertz CT molecular complexity index is 88.4. The van der Waals surface area contributed by atoms with Crippen molar-refractivity contribution in [2.75, 3.05) is 13.2 Å². The average molecular weight is 177 g/mol. The van der Waals surface area contributed by atoms with Crippen molar-refractivity contribution in [1.29, 1.82) is 0 Å². The fourth-order valence-corrected chi connectivity index (χ4v) is 1.95. The molecule has 2 N–H and O–H groups in total.